The third-order valence-corrected chi connectivity index (χ3v) is 4.75. The van der Waals surface area contributed by atoms with E-state index in [4.69, 9.17) is 9.47 Å². The Balaban J connectivity index is 0.00000320. The van der Waals surface area contributed by atoms with Crippen LogP contribution in [0.5, 0.6) is 5.75 Å². The third kappa shape index (κ3) is 6.60. The number of aliphatic imine (C=N–C) groups is 1. The average Bonchev–Trinajstić information content (AvgIpc) is 3.13. The van der Waals surface area contributed by atoms with Crippen LogP contribution in [-0.4, -0.2) is 51.8 Å². The lowest BCUT2D eigenvalue weighted by Crippen LogP contribution is -2.45. The Morgan fingerprint density at radius 2 is 1.90 bits per heavy atom. The minimum Gasteiger partial charge on any atom is -0.496 e. The van der Waals surface area contributed by atoms with E-state index in [9.17, 15) is 4.79 Å². The first-order valence-corrected chi connectivity index (χ1v) is 9.73. The first-order valence-electron chi connectivity index (χ1n) is 9.73. The van der Waals surface area contributed by atoms with E-state index in [0.717, 1.165) is 17.0 Å². The first-order chi connectivity index (χ1) is 14.2. The topological polar surface area (TPSA) is 75.2 Å². The van der Waals surface area contributed by atoms with Crippen LogP contribution in [0.1, 0.15) is 12.0 Å². The van der Waals surface area contributed by atoms with E-state index >= 15 is 0 Å². The Bertz CT molecular complexity index is 832. The van der Waals surface area contributed by atoms with Gasteiger partial charge >= 0.3 is 0 Å². The van der Waals surface area contributed by atoms with Crippen molar-refractivity contribution in [3.63, 3.8) is 0 Å². The number of carbonyl (C=O) groups excluding carboxylic acids is 1. The molecule has 2 aromatic rings. The predicted octanol–water partition coefficient (Wildman–Crippen LogP) is 2.80. The van der Waals surface area contributed by atoms with Crippen LogP contribution in [0, 0.1) is 0 Å². The van der Waals surface area contributed by atoms with Crippen molar-refractivity contribution in [3.8, 4) is 5.75 Å². The van der Waals surface area contributed by atoms with E-state index in [2.05, 4.69) is 15.6 Å². The highest BCUT2D eigenvalue weighted by Crippen LogP contribution is 2.21. The van der Waals surface area contributed by atoms with Gasteiger partial charge < -0.3 is 25.0 Å². The van der Waals surface area contributed by atoms with Gasteiger partial charge in [-0.1, -0.05) is 36.4 Å². The summed E-state index contributed by atoms with van der Waals surface area (Å²) < 4.78 is 11.1. The van der Waals surface area contributed by atoms with Crippen molar-refractivity contribution in [1.29, 1.82) is 0 Å². The van der Waals surface area contributed by atoms with Crippen LogP contribution in [0.15, 0.2) is 59.6 Å². The molecule has 8 heteroatoms. The number of methoxy groups -OCH3 is 1. The molecule has 1 heterocycles. The molecular weight excluding hydrogens is 495 g/mol. The molecule has 1 amide bonds. The molecule has 1 unspecified atom stereocenters. The van der Waals surface area contributed by atoms with Crippen LogP contribution in [0.4, 0.5) is 5.69 Å². The van der Waals surface area contributed by atoms with Crippen molar-refractivity contribution in [2.45, 2.75) is 19.1 Å². The van der Waals surface area contributed by atoms with Crippen LogP contribution in [0.25, 0.3) is 0 Å². The number of amides is 1. The number of nitrogens with one attached hydrogen (secondary N) is 2. The zero-order valence-corrected chi connectivity index (χ0v) is 19.7. The second-order valence-corrected chi connectivity index (χ2v) is 6.75. The summed E-state index contributed by atoms with van der Waals surface area (Å²) in [6, 6.07) is 17.6. The van der Waals surface area contributed by atoms with E-state index in [1.54, 1.807) is 19.1 Å². The summed E-state index contributed by atoms with van der Waals surface area (Å²) in [4.78, 5) is 18.4. The minimum atomic E-state index is 0. The van der Waals surface area contributed by atoms with Gasteiger partial charge in [0, 0.05) is 37.8 Å². The standard InChI is InChI=1S/C22H28N4O3.HI/c1-23-22(24-12-13-29-16-17-8-6-7-11-20(17)28-2)25-18-14-21(27)26(15-18)19-9-4-3-5-10-19;/h3-11,18H,12-16H2,1-2H3,(H2,23,24,25);1H. The van der Waals surface area contributed by atoms with Gasteiger partial charge in [-0.15, -0.1) is 24.0 Å². The number of benzene rings is 2. The molecule has 162 valence electrons. The Hall–Kier alpha value is -2.33. The molecule has 30 heavy (non-hydrogen) atoms. The van der Waals surface area contributed by atoms with E-state index in [-0.39, 0.29) is 35.9 Å². The number of rotatable bonds is 8. The summed E-state index contributed by atoms with van der Waals surface area (Å²) in [6.07, 6.45) is 0.444. The molecule has 0 radical (unpaired) electrons. The normalized spacial score (nSPS) is 16.2. The summed E-state index contributed by atoms with van der Waals surface area (Å²) >= 11 is 0. The van der Waals surface area contributed by atoms with Crippen molar-refractivity contribution in [2.75, 3.05) is 38.8 Å². The number of halogens is 1. The SMILES string of the molecule is CN=C(NCCOCc1ccccc1OC)NC1CC(=O)N(c2ccccc2)C1.I. The van der Waals surface area contributed by atoms with E-state index in [0.29, 0.717) is 38.7 Å². The molecule has 2 aromatic carbocycles. The highest BCUT2D eigenvalue weighted by Gasteiger charge is 2.30. The number of guanidine groups is 1. The van der Waals surface area contributed by atoms with E-state index in [1.807, 2.05) is 54.6 Å². The van der Waals surface area contributed by atoms with Crippen LogP contribution in [0.3, 0.4) is 0 Å². The number of hydrogen-bond acceptors (Lipinski definition) is 4. The van der Waals surface area contributed by atoms with E-state index < -0.39 is 0 Å². The Morgan fingerprint density at radius 1 is 1.17 bits per heavy atom. The zero-order valence-electron chi connectivity index (χ0n) is 17.3. The van der Waals surface area contributed by atoms with Crippen molar-refractivity contribution in [3.05, 3.63) is 60.2 Å². The van der Waals surface area contributed by atoms with Crippen LogP contribution < -0.4 is 20.3 Å². The maximum Gasteiger partial charge on any atom is 0.229 e. The van der Waals surface area contributed by atoms with Crippen molar-refractivity contribution in [1.82, 2.24) is 10.6 Å². The van der Waals surface area contributed by atoms with Crippen LogP contribution in [0.2, 0.25) is 0 Å². The number of anilines is 1. The molecular formula is C22H29IN4O3. The predicted molar refractivity (Wildman–Crippen MR) is 130 cm³/mol. The van der Waals surface area contributed by atoms with Crippen LogP contribution in [-0.2, 0) is 16.1 Å². The van der Waals surface area contributed by atoms with Crippen molar-refractivity contribution in [2.24, 2.45) is 4.99 Å². The number of carbonyl (C=O) groups is 1. The largest absolute Gasteiger partial charge is 0.496 e. The number of para-hydroxylation sites is 2. The molecule has 0 aliphatic carbocycles. The molecule has 1 fully saturated rings. The number of ether oxygens (including phenoxy) is 2. The molecule has 1 aliphatic heterocycles. The second kappa shape index (κ2) is 12.4. The van der Waals surface area contributed by atoms with Gasteiger partial charge in [0.05, 0.1) is 26.4 Å². The van der Waals surface area contributed by atoms with Gasteiger partial charge in [-0.3, -0.25) is 9.79 Å². The summed E-state index contributed by atoms with van der Waals surface area (Å²) in [6.45, 7) is 2.24. The molecule has 0 saturated carbocycles. The van der Waals surface area contributed by atoms with Gasteiger partial charge in [0.15, 0.2) is 5.96 Å². The molecule has 2 N–H and O–H groups in total. The molecule has 0 bridgehead atoms. The molecule has 7 nitrogen and oxygen atoms in total. The molecule has 1 saturated heterocycles. The van der Waals surface area contributed by atoms with Gasteiger partial charge in [0.2, 0.25) is 5.91 Å². The maximum absolute atomic E-state index is 12.3. The summed E-state index contributed by atoms with van der Waals surface area (Å²) in [5.41, 5.74) is 1.94. The smallest absolute Gasteiger partial charge is 0.229 e. The highest BCUT2D eigenvalue weighted by atomic mass is 127. The minimum absolute atomic E-state index is 0. The summed E-state index contributed by atoms with van der Waals surface area (Å²) in [5, 5.41) is 6.56. The molecule has 1 atom stereocenters. The lowest BCUT2D eigenvalue weighted by Gasteiger charge is -2.19. The fourth-order valence-corrected chi connectivity index (χ4v) is 3.30. The maximum atomic E-state index is 12.3. The fraction of sp³-hybridized carbons (Fsp3) is 0.364. The fourth-order valence-electron chi connectivity index (χ4n) is 3.30. The molecule has 1 aliphatic rings. The highest BCUT2D eigenvalue weighted by molar-refractivity contribution is 14.0. The van der Waals surface area contributed by atoms with Gasteiger partial charge in [-0.05, 0) is 18.2 Å². The van der Waals surface area contributed by atoms with Crippen molar-refractivity contribution >= 4 is 41.5 Å². The monoisotopic (exact) mass is 524 g/mol. The average molecular weight is 524 g/mol. The molecule has 0 aromatic heterocycles. The Kier molecular flexibility index (Phi) is 9.88. The number of hydrogen-bond donors (Lipinski definition) is 2. The van der Waals surface area contributed by atoms with Gasteiger partial charge in [-0.2, -0.15) is 0 Å². The van der Waals surface area contributed by atoms with Gasteiger partial charge in [0.1, 0.15) is 5.75 Å². The van der Waals surface area contributed by atoms with Crippen molar-refractivity contribution < 1.29 is 14.3 Å². The third-order valence-electron chi connectivity index (χ3n) is 4.75. The van der Waals surface area contributed by atoms with E-state index in [1.165, 1.54) is 0 Å². The Labute approximate surface area is 194 Å². The second-order valence-electron chi connectivity index (χ2n) is 6.75. The zero-order chi connectivity index (χ0) is 20.5. The van der Waals surface area contributed by atoms with Crippen LogP contribution >= 0.6 is 24.0 Å². The summed E-state index contributed by atoms with van der Waals surface area (Å²) in [7, 11) is 3.37. The molecule has 3 rings (SSSR count). The van der Waals surface area contributed by atoms with Gasteiger partial charge in [-0.25, -0.2) is 0 Å². The lowest BCUT2D eigenvalue weighted by atomic mass is 10.2. The quantitative estimate of drug-likeness (QED) is 0.241. The summed E-state index contributed by atoms with van der Waals surface area (Å²) in [5.74, 6) is 1.61. The van der Waals surface area contributed by atoms with Gasteiger partial charge in [0.25, 0.3) is 0 Å². The lowest BCUT2D eigenvalue weighted by molar-refractivity contribution is -0.117. The number of nitrogens with zero attached hydrogens (tertiary/aromatic N) is 2. The molecule has 0 spiro atoms. The first kappa shape index (κ1) is 23.9. The Morgan fingerprint density at radius 3 is 2.63 bits per heavy atom.